The fourth-order valence-corrected chi connectivity index (χ4v) is 4.72. The summed E-state index contributed by atoms with van der Waals surface area (Å²) in [5.74, 6) is -0.860. The van der Waals surface area contributed by atoms with Crippen molar-refractivity contribution in [2.75, 3.05) is 0 Å². The van der Waals surface area contributed by atoms with Crippen LogP contribution in [0.1, 0.15) is 70.6 Å². The molecular weight excluding hydrogens is 376 g/mol. The molecule has 0 spiro atoms. The van der Waals surface area contributed by atoms with Crippen LogP contribution in [0.4, 0.5) is 0 Å². The van der Waals surface area contributed by atoms with Gasteiger partial charge in [0.25, 0.3) is 0 Å². The molecule has 2 atom stereocenters. The Hall–Kier alpha value is -3.35. The maximum atomic E-state index is 11.6. The van der Waals surface area contributed by atoms with Gasteiger partial charge in [0, 0.05) is 6.08 Å². The quantitative estimate of drug-likeness (QED) is 0.471. The van der Waals surface area contributed by atoms with Crippen LogP contribution in [0.2, 0.25) is 0 Å². The van der Waals surface area contributed by atoms with Crippen molar-refractivity contribution in [1.82, 2.24) is 0 Å². The van der Waals surface area contributed by atoms with Gasteiger partial charge in [-0.2, -0.15) is 21.0 Å². The Morgan fingerprint density at radius 3 is 1.43 bits per heavy atom. The third kappa shape index (κ3) is 5.83. The number of nitrogens with zero attached hydrogens (tertiary/aromatic N) is 4. The van der Waals surface area contributed by atoms with Crippen LogP contribution in [0.5, 0.6) is 0 Å². The van der Waals surface area contributed by atoms with Crippen molar-refractivity contribution in [2.45, 2.75) is 70.6 Å². The molecule has 0 aliphatic heterocycles. The summed E-state index contributed by atoms with van der Waals surface area (Å²) in [6.45, 7) is 0. The van der Waals surface area contributed by atoms with Crippen LogP contribution in [0.3, 0.4) is 0 Å². The average molecular weight is 402 g/mol. The Balaban J connectivity index is 2.69. The van der Waals surface area contributed by atoms with Gasteiger partial charge in [-0.15, -0.1) is 0 Å². The highest BCUT2D eigenvalue weighted by Crippen LogP contribution is 2.44. The van der Waals surface area contributed by atoms with Gasteiger partial charge < -0.3 is 5.11 Å². The summed E-state index contributed by atoms with van der Waals surface area (Å²) in [6.07, 6.45) is 11.7. The molecule has 2 unspecified atom stereocenters. The first-order valence-corrected chi connectivity index (χ1v) is 10.6. The molecule has 0 saturated heterocycles. The second-order valence-electron chi connectivity index (χ2n) is 8.03. The highest BCUT2D eigenvalue weighted by Gasteiger charge is 2.33. The largest absolute Gasteiger partial charge is 0.478 e. The molecule has 2 fully saturated rings. The minimum absolute atomic E-state index is 0.134. The molecule has 0 aromatic heterocycles. The number of nitriles is 4. The van der Waals surface area contributed by atoms with E-state index in [2.05, 4.69) is 0 Å². The highest BCUT2D eigenvalue weighted by atomic mass is 16.4. The maximum absolute atomic E-state index is 11.6. The van der Waals surface area contributed by atoms with Gasteiger partial charge in [-0.05, 0) is 54.2 Å². The number of hydrogen-bond donors (Lipinski definition) is 1. The molecule has 2 saturated carbocycles. The average Bonchev–Trinajstić information content (AvgIpc) is 2.89. The van der Waals surface area contributed by atoms with Gasteiger partial charge in [-0.1, -0.05) is 44.9 Å². The molecule has 0 radical (unpaired) electrons. The smallest absolute Gasteiger partial charge is 0.328 e. The van der Waals surface area contributed by atoms with Gasteiger partial charge in [0.05, 0.1) is 0 Å². The first kappa shape index (κ1) is 22.9. The molecule has 6 nitrogen and oxygen atoms in total. The summed E-state index contributed by atoms with van der Waals surface area (Å²) in [5.41, 5.74) is 0.652. The third-order valence-electron chi connectivity index (χ3n) is 6.22. The zero-order chi connectivity index (χ0) is 21.9. The van der Waals surface area contributed by atoms with Gasteiger partial charge in [0.15, 0.2) is 0 Å². The molecule has 2 rings (SSSR count). The molecule has 0 aromatic carbocycles. The summed E-state index contributed by atoms with van der Waals surface area (Å²) in [5, 5.41) is 47.6. The monoisotopic (exact) mass is 402 g/mol. The van der Waals surface area contributed by atoms with E-state index in [1.54, 1.807) is 0 Å². The second kappa shape index (κ2) is 11.6. The molecule has 0 aromatic rings. The van der Waals surface area contributed by atoms with E-state index in [-0.39, 0.29) is 28.6 Å². The standard InChI is InChI=1S/C24H26N4O2/c25-13-19(14-26)21-10-17-8-6-4-2-1-3-5-7-9-18(17)11-22(20(15-27)16-28)23(21)12-24(29)30/h12,17-18H,1-11H2,(H,29,30). The number of carboxylic acid groups (broad SMARTS) is 1. The van der Waals surface area contributed by atoms with Crippen LogP contribution in [0.25, 0.3) is 0 Å². The van der Waals surface area contributed by atoms with E-state index in [0.29, 0.717) is 24.0 Å². The minimum atomic E-state index is -1.23. The van der Waals surface area contributed by atoms with Crippen molar-refractivity contribution in [3.8, 4) is 24.3 Å². The SMILES string of the molecule is N#CC(C#N)=C1CC2CCCCCCCCCC2CC(=C(C#N)C#N)C1=CC(=O)O. The molecule has 0 amide bonds. The van der Waals surface area contributed by atoms with Crippen LogP contribution < -0.4 is 0 Å². The number of rotatable bonds is 1. The van der Waals surface area contributed by atoms with Crippen molar-refractivity contribution in [3.63, 3.8) is 0 Å². The molecule has 2 aliphatic rings. The predicted molar refractivity (Wildman–Crippen MR) is 110 cm³/mol. The van der Waals surface area contributed by atoms with E-state index in [1.165, 1.54) is 19.3 Å². The molecule has 154 valence electrons. The Labute approximate surface area is 178 Å². The Kier molecular flexibility index (Phi) is 8.87. The van der Waals surface area contributed by atoms with Crippen LogP contribution in [0, 0.1) is 57.2 Å². The van der Waals surface area contributed by atoms with Gasteiger partial charge in [-0.25, -0.2) is 4.79 Å². The van der Waals surface area contributed by atoms with Gasteiger partial charge in [0.1, 0.15) is 35.4 Å². The summed E-state index contributed by atoms with van der Waals surface area (Å²) >= 11 is 0. The number of carbonyl (C=O) groups is 1. The molecule has 1 N–H and O–H groups in total. The van der Waals surface area contributed by atoms with E-state index < -0.39 is 5.97 Å². The van der Waals surface area contributed by atoms with Crippen molar-refractivity contribution in [3.05, 3.63) is 33.9 Å². The first-order valence-electron chi connectivity index (χ1n) is 10.6. The Morgan fingerprint density at radius 1 is 0.733 bits per heavy atom. The zero-order valence-electron chi connectivity index (χ0n) is 17.2. The van der Waals surface area contributed by atoms with Crippen molar-refractivity contribution in [1.29, 1.82) is 21.0 Å². The second-order valence-corrected chi connectivity index (χ2v) is 8.03. The van der Waals surface area contributed by atoms with Crippen molar-refractivity contribution in [2.24, 2.45) is 11.8 Å². The topological polar surface area (TPSA) is 132 Å². The van der Waals surface area contributed by atoms with E-state index >= 15 is 0 Å². The van der Waals surface area contributed by atoms with Crippen LogP contribution in [-0.2, 0) is 4.79 Å². The number of fused-ring (bicyclic) bond motifs is 1. The summed E-state index contributed by atoms with van der Waals surface area (Å²) in [6, 6.07) is 7.60. The van der Waals surface area contributed by atoms with Gasteiger partial charge in [0.2, 0.25) is 0 Å². The van der Waals surface area contributed by atoms with Crippen LogP contribution in [0.15, 0.2) is 33.9 Å². The number of aliphatic carboxylic acids is 1. The lowest BCUT2D eigenvalue weighted by atomic mass is 9.79. The molecule has 2 aliphatic carbocycles. The van der Waals surface area contributed by atoms with Crippen molar-refractivity contribution >= 4 is 5.97 Å². The predicted octanol–water partition coefficient (Wildman–Crippen LogP) is 5.24. The molecule has 0 bridgehead atoms. The molecule has 6 heteroatoms. The lowest BCUT2D eigenvalue weighted by Gasteiger charge is -2.25. The normalized spacial score (nSPS) is 22.5. The number of carboxylic acids is 1. The maximum Gasteiger partial charge on any atom is 0.328 e. The zero-order valence-corrected chi connectivity index (χ0v) is 17.2. The van der Waals surface area contributed by atoms with Crippen LogP contribution in [-0.4, -0.2) is 11.1 Å². The van der Waals surface area contributed by atoms with Gasteiger partial charge in [-0.3, -0.25) is 0 Å². The fourth-order valence-electron chi connectivity index (χ4n) is 4.72. The van der Waals surface area contributed by atoms with Crippen LogP contribution >= 0.6 is 0 Å². The van der Waals surface area contributed by atoms with E-state index in [0.717, 1.165) is 44.6 Å². The van der Waals surface area contributed by atoms with Gasteiger partial charge >= 0.3 is 5.97 Å². The first-order chi connectivity index (χ1) is 14.5. The lowest BCUT2D eigenvalue weighted by Crippen LogP contribution is -2.15. The highest BCUT2D eigenvalue weighted by molar-refractivity contribution is 5.84. The third-order valence-corrected chi connectivity index (χ3v) is 6.22. The number of allylic oxidation sites excluding steroid dienone is 5. The molecule has 0 heterocycles. The lowest BCUT2D eigenvalue weighted by molar-refractivity contribution is -0.131. The fraction of sp³-hybridized carbons (Fsp3) is 0.542. The Morgan fingerprint density at radius 2 is 1.10 bits per heavy atom. The number of hydrogen-bond acceptors (Lipinski definition) is 5. The van der Waals surface area contributed by atoms with E-state index in [4.69, 9.17) is 0 Å². The summed E-state index contributed by atoms with van der Waals surface area (Å²) < 4.78 is 0. The van der Waals surface area contributed by atoms with E-state index in [1.807, 2.05) is 24.3 Å². The summed E-state index contributed by atoms with van der Waals surface area (Å²) in [7, 11) is 0. The Bertz CT molecular complexity index is 830. The van der Waals surface area contributed by atoms with E-state index in [9.17, 15) is 30.9 Å². The van der Waals surface area contributed by atoms with Crippen molar-refractivity contribution < 1.29 is 9.90 Å². The molecule has 30 heavy (non-hydrogen) atoms. The molecular formula is C24H26N4O2. The minimum Gasteiger partial charge on any atom is -0.478 e. The summed E-state index contributed by atoms with van der Waals surface area (Å²) in [4.78, 5) is 11.6.